The van der Waals surface area contributed by atoms with Crippen LogP contribution in [0.15, 0.2) is 36.4 Å². The van der Waals surface area contributed by atoms with Gasteiger partial charge in [0.1, 0.15) is 6.10 Å². The Labute approximate surface area is 244 Å². The van der Waals surface area contributed by atoms with Crippen molar-refractivity contribution in [2.24, 2.45) is 11.8 Å². The molecule has 1 spiro atoms. The maximum atomic E-state index is 13.3. The molecule has 1 amide bonds. The van der Waals surface area contributed by atoms with Gasteiger partial charge in [0.25, 0.3) is 5.91 Å². The van der Waals surface area contributed by atoms with Crippen molar-refractivity contribution in [3.05, 3.63) is 58.7 Å². The number of piperidine rings is 1. The van der Waals surface area contributed by atoms with E-state index < -0.39 is 17.6 Å². The highest BCUT2D eigenvalue weighted by molar-refractivity contribution is 5.94. The highest BCUT2D eigenvalue weighted by atomic mass is 19.4. The number of nitrogens with zero attached hydrogens (tertiary/aromatic N) is 3. The zero-order valence-corrected chi connectivity index (χ0v) is 24.1. The molecule has 3 aliphatic carbocycles. The van der Waals surface area contributed by atoms with Crippen molar-refractivity contribution in [2.45, 2.75) is 67.9 Å². The standard InChI is InChI=1S/C33H36F3N3O3/c1-37(2)25-17-21(25)18-39-15-14-32-23-10-11-24(31(32)42-30-27(40)12-7-20(29(30)32)16-26(23)39)38(3)28(41)13-6-19-4-8-22(9-5-19)33(34,35)36/h4-5,7-9,12,21,23-26,31,40H,10-11,14-18H2,1-3H3/t21?,23-,24-,25?,26+,31-,32-/m0/s1. The van der Waals surface area contributed by atoms with Crippen LogP contribution >= 0.6 is 0 Å². The zero-order chi connectivity index (χ0) is 29.6. The van der Waals surface area contributed by atoms with Crippen LogP contribution in [0.25, 0.3) is 0 Å². The molecule has 5 aliphatic rings. The van der Waals surface area contributed by atoms with Gasteiger partial charge in [-0.05, 0) is 100 Å². The fourth-order valence-electron chi connectivity index (χ4n) is 8.69. The molecule has 0 aromatic heterocycles. The molecule has 2 aliphatic heterocycles. The molecule has 1 saturated heterocycles. The SMILES string of the molecule is CN(C)C1CC1CN1CC[C@]23c4c5ccc(O)c4O[C@H]2[C@@H](N(C)C(=O)C#Cc2ccc(C(F)(F)F)cc2)CC[C@H]3[C@H]1C5. The van der Waals surface area contributed by atoms with Gasteiger partial charge >= 0.3 is 6.18 Å². The van der Waals surface area contributed by atoms with E-state index in [9.17, 15) is 23.1 Å². The number of phenolic OH excluding ortho intramolecular Hbond substituents is 1. The van der Waals surface area contributed by atoms with Crippen molar-refractivity contribution in [1.82, 2.24) is 14.7 Å². The summed E-state index contributed by atoms with van der Waals surface area (Å²) in [6.07, 6.45) is 0.106. The Morgan fingerprint density at radius 1 is 1.12 bits per heavy atom. The molecule has 7 atom stereocenters. The largest absolute Gasteiger partial charge is 0.504 e. The van der Waals surface area contributed by atoms with Crippen LogP contribution < -0.4 is 4.74 Å². The van der Waals surface area contributed by atoms with Gasteiger partial charge in [0.2, 0.25) is 0 Å². The smallest absolute Gasteiger partial charge is 0.416 e. The molecule has 2 saturated carbocycles. The van der Waals surface area contributed by atoms with Gasteiger partial charge in [-0.25, -0.2) is 0 Å². The van der Waals surface area contributed by atoms with Crippen LogP contribution in [-0.2, 0) is 22.8 Å². The van der Waals surface area contributed by atoms with Crippen molar-refractivity contribution in [3.63, 3.8) is 0 Å². The van der Waals surface area contributed by atoms with E-state index in [1.54, 1.807) is 18.0 Å². The molecule has 222 valence electrons. The number of benzene rings is 2. The first-order chi connectivity index (χ1) is 20.0. The Kier molecular flexibility index (Phi) is 6.34. The normalized spacial score (nSPS) is 32.5. The summed E-state index contributed by atoms with van der Waals surface area (Å²) in [7, 11) is 6.06. The number of halogens is 3. The summed E-state index contributed by atoms with van der Waals surface area (Å²) in [5, 5.41) is 10.9. The Balaban J connectivity index is 1.15. The van der Waals surface area contributed by atoms with E-state index in [-0.39, 0.29) is 23.3 Å². The van der Waals surface area contributed by atoms with Crippen LogP contribution in [-0.4, -0.2) is 84.2 Å². The van der Waals surface area contributed by atoms with Crippen LogP contribution in [0, 0.1) is 23.7 Å². The Morgan fingerprint density at radius 2 is 1.88 bits per heavy atom. The van der Waals surface area contributed by atoms with Gasteiger partial charge in [0, 0.05) is 48.1 Å². The van der Waals surface area contributed by atoms with Crippen LogP contribution in [0.1, 0.15) is 47.9 Å². The average molecular weight is 580 g/mol. The van der Waals surface area contributed by atoms with Gasteiger partial charge in [-0.2, -0.15) is 13.2 Å². The van der Waals surface area contributed by atoms with E-state index in [1.807, 2.05) is 0 Å². The lowest BCUT2D eigenvalue weighted by Gasteiger charge is -2.60. The van der Waals surface area contributed by atoms with Gasteiger partial charge in [-0.15, -0.1) is 0 Å². The summed E-state index contributed by atoms with van der Waals surface area (Å²) in [6.45, 7) is 2.07. The summed E-state index contributed by atoms with van der Waals surface area (Å²) >= 11 is 0. The number of hydrogen-bond donors (Lipinski definition) is 1. The van der Waals surface area contributed by atoms with Crippen LogP contribution in [0.5, 0.6) is 11.5 Å². The predicted octanol–water partition coefficient (Wildman–Crippen LogP) is 4.28. The number of likely N-dealkylation sites (N-methyl/N-ethyl adjacent to an activating group) is 1. The van der Waals surface area contributed by atoms with Crippen LogP contribution in [0.4, 0.5) is 13.2 Å². The lowest BCUT2D eigenvalue weighted by molar-refractivity contribution is -0.137. The number of likely N-dealkylation sites (tertiary alicyclic amines) is 1. The van der Waals surface area contributed by atoms with E-state index >= 15 is 0 Å². The Bertz CT molecular complexity index is 1480. The summed E-state index contributed by atoms with van der Waals surface area (Å²) in [6, 6.07) is 9.14. The molecule has 0 radical (unpaired) electrons. The van der Waals surface area contributed by atoms with Crippen molar-refractivity contribution < 1.29 is 27.8 Å². The summed E-state index contributed by atoms with van der Waals surface area (Å²) in [4.78, 5) is 20.0. The lowest BCUT2D eigenvalue weighted by Crippen LogP contribution is -2.69. The fourth-order valence-corrected chi connectivity index (χ4v) is 8.69. The zero-order valence-electron chi connectivity index (χ0n) is 24.1. The van der Waals surface area contributed by atoms with Crippen LogP contribution in [0.3, 0.4) is 0 Å². The maximum absolute atomic E-state index is 13.3. The number of amides is 1. The van der Waals surface area contributed by atoms with E-state index in [0.717, 1.165) is 56.5 Å². The third-order valence-electron chi connectivity index (χ3n) is 10.8. The molecule has 2 aromatic rings. The van der Waals surface area contributed by atoms with E-state index in [4.69, 9.17) is 4.74 Å². The van der Waals surface area contributed by atoms with Crippen molar-refractivity contribution in [1.29, 1.82) is 0 Å². The molecule has 9 heteroatoms. The predicted molar refractivity (Wildman–Crippen MR) is 151 cm³/mol. The first kappa shape index (κ1) is 27.6. The second kappa shape index (κ2) is 9.65. The van der Waals surface area contributed by atoms with Gasteiger partial charge in [0.15, 0.2) is 11.5 Å². The molecule has 2 heterocycles. The number of ether oxygens (including phenoxy) is 1. The van der Waals surface area contributed by atoms with E-state index in [2.05, 4.69) is 41.8 Å². The first-order valence-electron chi connectivity index (χ1n) is 14.9. The average Bonchev–Trinajstić information content (AvgIpc) is 3.65. The molecule has 2 unspecified atom stereocenters. The van der Waals surface area contributed by atoms with Crippen LogP contribution in [0.2, 0.25) is 0 Å². The number of aromatic hydroxyl groups is 1. The minimum Gasteiger partial charge on any atom is -0.504 e. The monoisotopic (exact) mass is 579 g/mol. The van der Waals surface area contributed by atoms with Crippen molar-refractivity contribution >= 4 is 5.91 Å². The second-order valence-electron chi connectivity index (χ2n) is 13.1. The number of phenols is 1. The Morgan fingerprint density at radius 3 is 2.57 bits per heavy atom. The topological polar surface area (TPSA) is 56.2 Å². The molecule has 2 aromatic carbocycles. The molecule has 6 nitrogen and oxygen atoms in total. The minimum absolute atomic E-state index is 0.152. The molecule has 7 rings (SSSR count). The highest BCUT2D eigenvalue weighted by Crippen LogP contribution is 2.64. The lowest BCUT2D eigenvalue weighted by atomic mass is 9.51. The third kappa shape index (κ3) is 4.21. The van der Waals surface area contributed by atoms with Gasteiger partial charge < -0.3 is 19.6 Å². The highest BCUT2D eigenvalue weighted by Gasteiger charge is 2.66. The molecule has 1 N–H and O–H groups in total. The number of rotatable bonds is 4. The second-order valence-corrected chi connectivity index (χ2v) is 13.1. The number of carbonyl (C=O) groups is 1. The van der Waals surface area contributed by atoms with Crippen molar-refractivity contribution in [2.75, 3.05) is 34.2 Å². The summed E-state index contributed by atoms with van der Waals surface area (Å²) in [5.74, 6) is 6.79. The number of carbonyl (C=O) groups excluding carboxylic acids is 1. The van der Waals surface area contributed by atoms with E-state index in [1.165, 1.54) is 24.1 Å². The molecule has 2 bridgehead atoms. The number of hydrogen-bond acceptors (Lipinski definition) is 5. The minimum atomic E-state index is -4.42. The van der Waals surface area contributed by atoms with E-state index in [0.29, 0.717) is 35.2 Å². The maximum Gasteiger partial charge on any atom is 0.416 e. The molecular formula is C33H36F3N3O3. The van der Waals surface area contributed by atoms with Gasteiger partial charge in [0.05, 0.1) is 11.6 Å². The molecular weight excluding hydrogens is 543 g/mol. The molecule has 3 fully saturated rings. The number of alkyl halides is 3. The summed E-state index contributed by atoms with van der Waals surface area (Å²) in [5.41, 5.74) is 1.71. The first-order valence-corrected chi connectivity index (χ1v) is 14.9. The quantitative estimate of drug-likeness (QED) is 0.549. The molecule has 42 heavy (non-hydrogen) atoms. The third-order valence-corrected chi connectivity index (χ3v) is 10.8. The summed E-state index contributed by atoms with van der Waals surface area (Å²) < 4.78 is 45.4. The van der Waals surface area contributed by atoms with Crippen molar-refractivity contribution in [3.8, 4) is 23.3 Å². The Hall–Kier alpha value is -3.22. The fraction of sp³-hybridized carbons (Fsp3) is 0.545. The van der Waals surface area contributed by atoms with Gasteiger partial charge in [-0.3, -0.25) is 9.69 Å². The van der Waals surface area contributed by atoms with Gasteiger partial charge in [-0.1, -0.05) is 12.0 Å².